The summed E-state index contributed by atoms with van der Waals surface area (Å²) in [5.74, 6) is 0.358. The van der Waals surface area contributed by atoms with Crippen LogP contribution in [-0.2, 0) is 0 Å². The molecule has 0 atom stereocenters. The Morgan fingerprint density at radius 3 is 2.74 bits per heavy atom. The van der Waals surface area contributed by atoms with Crippen molar-refractivity contribution in [2.45, 2.75) is 30.2 Å². The summed E-state index contributed by atoms with van der Waals surface area (Å²) in [4.78, 5) is 23.6. The van der Waals surface area contributed by atoms with Crippen LogP contribution in [0.2, 0.25) is 5.28 Å². The minimum atomic E-state index is -0.272. The number of anilines is 1. The molecule has 8 nitrogen and oxygen atoms in total. The summed E-state index contributed by atoms with van der Waals surface area (Å²) < 4.78 is 1.52. The van der Waals surface area contributed by atoms with E-state index in [2.05, 4.69) is 30.5 Å². The van der Waals surface area contributed by atoms with Gasteiger partial charge in [-0.15, -0.1) is 5.10 Å². The van der Waals surface area contributed by atoms with Crippen molar-refractivity contribution in [1.82, 2.24) is 29.7 Å². The molecular weight excluding hydrogens is 290 g/mol. The lowest BCUT2D eigenvalue weighted by Gasteiger charge is -2.08. The maximum Gasteiger partial charge on any atom is 0.344 e. The molecule has 0 bridgehead atoms. The number of aromatic amines is 1. The molecule has 0 aromatic carbocycles. The second-order valence-electron chi connectivity index (χ2n) is 3.84. The topological polar surface area (TPSA) is 101 Å². The third kappa shape index (κ3) is 3.04. The molecular formula is C9H12ClN7OS. The van der Waals surface area contributed by atoms with Gasteiger partial charge >= 0.3 is 5.69 Å². The molecule has 10 heteroatoms. The predicted octanol–water partition coefficient (Wildman–Crippen LogP) is 1.18. The van der Waals surface area contributed by atoms with E-state index in [-0.39, 0.29) is 17.0 Å². The third-order valence-electron chi connectivity index (χ3n) is 2.18. The summed E-state index contributed by atoms with van der Waals surface area (Å²) >= 11 is 6.93. The molecule has 2 N–H and O–H groups in total. The second kappa shape index (κ2) is 5.57. The van der Waals surface area contributed by atoms with E-state index in [0.29, 0.717) is 16.3 Å². The summed E-state index contributed by atoms with van der Waals surface area (Å²) in [6.45, 7) is 3.78. The summed E-state index contributed by atoms with van der Waals surface area (Å²) in [5.41, 5.74) is -0.272. The van der Waals surface area contributed by atoms with Crippen LogP contribution in [0.5, 0.6) is 0 Å². The molecule has 0 radical (unpaired) electrons. The van der Waals surface area contributed by atoms with Crippen molar-refractivity contribution >= 4 is 29.3 Å². The SMILES string of the molecule is CNc1nc(Cl)nc(Sc2n[nH]c(=O)n2C(C)C)n1. The standard InChI is InChI=1S/C9H12ClN7OS/c1-4(2)17-8(18)15-16-9(17)19-7-13-5(10)12-6(11-3)14-7/h4H,1-3H3,(H,15,18)(H,11,12,13,14). The average molecular weight is 302 g/mol. The smallest absolute Gasteiger partial charge is 0.344 e. The van der Waals surface area contributed by atoms with Crippen LogP contribution in [0, 0.1) is 0 Å². The van der Waals surface area contributed by atoms with E-state index >= 15 is 0 Å². The van der Waals surface area contributed by atoms with Crippen LogP contribution in [-0.4, -0.2) is 36.8 Å². The van der Waals surface area contributed by atoms with Crippen molar-refractivity contribution in [3.63, 3.8) is 0 Å². The van der Waals surface area contributed by atoms with Crippen LogP contribution in [0.15, 0.2) is 15.1 Å². The first-order valence-electron chi connectivity index (χ1n) is 5.45. The van der Waals surface area contributed by atoms with E-state index in [4.69, 9.17) is 11.6 Å². The fraction of sp³-hybridized carbons (Fsp3) is 0.444. The molecule has 0 saturated carbocycles. The van der Waals surface area contributed by atoms with Crippen molar-refractivity contribution in [2.24, 2.45) is 0 Å². The summed E-state index contributed by atoms with van der Waals surface area (Å²) in [6.07, 6.45) is 0. The number of rotatable bonds is 4. The van der Waals surface area contributed by atoms with Gasteiger partial charge < -0.3 is 5.32 Å². The van der Waals surface area contributed by atoms with Gasteiger partial charge in [0.05, 0.1) is 0 Å². The lowest BCUT2D eigenvalue weighted by molar-refractivity contribution is 0.533. The largest absolute Gasteiger partial charge is 0.357 e. The molecule has 0 aliphatic heterocycles. The first-order chi connectivity index (χ1) is 9.01. The van der Waals surface area contributed by atoms with E-state index in [1.165, 1.54) is 4.57 Å². The average Bonchev–Trinajstić information content (AvgIpc) is 2.69. The Labute approximate surface area is 118 Å². The normalized spacial score (nSPS) is 11.0. The molecule has 0 saturated heterocycles. The van der Waals surface area contributed by atoms with E-state index < -0.39 is 0 Å². The van der Waals surface area contributed by atoms with Gasteiger partial charge in [-0.05, 0) is 37.2 Å². The van der Waals surface area contributed by atoms with Crippen LogP contribution in [0.4, 0.5) is 5.95 Å². The molecule has 2 heterocycles. The molecule has 2 rings (SSSR count). The first kappa shape index (κ1) is 13.8. The Morgan fingerprint density at radius 2 is 2.11 bits per heavy atom. The molecule has 0 aliphatic rings. The Kier molecular flexibility index (Phi) is 4.05. The van der Waals surface area contributed by atoms with E-state index in [1.807, 2.05) is 13.8 Å². The molecule has 0 amide bonds. The Bertz CT molecular complexity index is 638. The van der Waals surface area contributed by atoms with Gasteiger partial charge in [-0.3, -0.25) is 4.57 Å². The number of halogens is 1. The van der Waals surface area contributed by atoms with Crippen molar-refractivity contribution in [1.29, 1.82) is 0 Å². The maximum absolute atomic E-state index is 11.6. The lowest BCUT2D eigenvalue weighted by Crippen LogP contribution is -2.19. The number of nitrogens with one attached hydrogen (secondary N) is 2. The second-order valence-corrected chi connectivity index (χ2v) is 5.11. The van der Waals surface area contributed by atoms with Crippen molar-refractivity contribution < 1.29 is 0 Å². The number of hydrogen-bond acceptors (Lipinski definition) is 7. The van der Waals surface area contributed by atoms with Gasteiger partial charge in [0.25, 0.3) is 0 Å². The van der Waals surface area contributed by atoms with Crippen LogP contribution in [0.1, 0.15) is 19.9 Å². The van der Waals surface area contributed by atoms with Gasteiger partial charge in [0.2, 0.25) is 16.4 Å². The number of nitrogens with zero attached hydrogens (tertiary/aromatic N) is 5. The third-order valence-corrected chi connectivity index (χ3v) is 3.19. The van der Waals surface area contributed by atoms with Gasteiger partial charge in [0, 0.05) is 13.1 Å². The highest BCUT2D eigenvalue weighted by Gasteiger charge is 2.15. The predicted molar refractivity (Wildman–Crippen MR) is 71.7 cm³/mol. The molecule has 102 valence electrons. The van der Waals surface area contributed by atoms with Crippen LogP contribution in [0.3, 0.4) is 0 Å². The van der Waals surface area contributed by atoms with E-state index in [1.54, 1.807) is 7.05 Å². The van der Waals surface area contributed by atoms with Crippen molar-refractivity contribution in [3.8, 4) is 0 Å². The highest BCUT2D eigenvalue weighted by atomic mass is 35.5. The van der Waals surface area contributed by atoms with Crippen LogP contribution in [0.25, 0.3) is 0 Å². The highest BCUT2D eigenvalue weighted by Crippen LogP contribution is 2.24. The zero-order valence-corrected chi connectivity index (χ0v) is 12.1. The summed E-state index contributed by atoms with van der Waals surface area (Å²) in [6, 6.07) is -0.0187. The Hall–Kier alpha value is -1.61. The number of aromatic nitrogens is 6. The van der Waals surface area contributed by atoms with Gasteiger partial charge in [-0.2, -0.15) is 15.0 Å². The molecule has 0 unspecified atom stereocenters. The minimum Gasteiger partial charge on any atom is -0.357 e. The molecule has 19 heavy (non-hydrogen) atoms. The van der Waals surface area contributed by atoms with Gasteiger partial charge in [-0.1, -0.05) is 0 Å². The Balaban J connectivity index is 2.36. The molecule has 0 spiro atoms. The highest BCUT2D eigenvalue weighted by molar-refractivity contribution is 7.99. The van der Waals surface area contributed by atoms with Crippen LogP contribution < -0.4 is 11.0 Å². The molecule has 0 fully saturated rings. The van der Waals surface area contributed by atoms with Crippen molar-refractivity contribution in [2.75, 3.05) is 12.4 Å². The minimum absolute atomic E-state index is 0.0187. The fourth-order valence-electron chi connectivity index (χ4n) is 1.39. The lowest BCUT2D eigenvalue weighted by atomic mass is 10.4. The zero-order valence-electron chi connectivity index (χ0n) is 10.5. The van der Waals surface area contributed by atoms with E-state index in [0.717, 1.165) is 11.8 Å². The Morgan fingerprint density at radius 1 is 1.37 bits per heavy atom. The summed E-state index contributed by atoms with van der Waals surface area (Å²) in [7, 11) is 1.68. The van der Waals surface area contributed by atoms with Crippen molar-refractivity contribution in [3.05, 3.63) is 15.8 Å². The van der Waals surface area contributed by atoms with E-state index in [9.17, 15) is 4.79 Å². The quantitative estimate of drug-likeness (QED) is 0.874. The van der Waals surface area contributed by atoms with Gasteiger partial charge in [0.15, 0.2) is 5.16 Å². The molecule has 0 aliphatic carbocycles. The van der Waals surface area contributed by atoms with Crippen LogP contribution >= 0.6 is 23.4 Å². The zero-order chi connectivity index (χ0) is 14.0. The first-order valence-corrected chi connectivity index (χ1v) is 6.64. The molecule has 2 aromatic rings. The maximum atomic E-state index is 11.6. The molecule has 2 aromatic heterocycles. The number of hydrogen-bond donors (Lipinski definition) is 2. The summed E-state index contributed by atoms with van der Waals surface area (Å²) in [5, 5.41) is 10.0. The van der Waals surface area contributed by atoms with Gasteiger partial charge in [-0.25, -0.2) is 9.89 Å². The van der Waals surface area contributed by atoms with Gasteiger partial charge in [0.1, 0.15) is 0 Å². The fourth-order valence-corrected chi connectivity index (χ4v) is 2.51. The number of H-pyrrole nitrogens is 1. The monoisotopic (exact) mass is 301 g/mol.